The molecule has 0 unspecified atom stereocenters. The van der Waals surface area contributed by atoms with Gasteiger partial charge in [-0.15, -0.1) is 0 Å². The zero-order valence-electron chi connectivity index (χ0n) is 12.8. The highest BCUT2D eigenvalue weighted by molar-refractivity contribution is 7.80. The number of benzene rings is 1. The van der Waals surface area contributed by atoms with Crippen LogP contribution in [0.25, 0.3) is 0 Å². The van der Waals surface area contributed by atoms with E-state index in [0.29, 0.717) is 15.8 Å². The molecule has 124 valence electrons. The predicted octanol–water partition coefficient (Wildman–Crippen LogP) is 4.46. The Morgan fingerprint density at radius 1 is 1.30 bits per heavy atom. The Balaban J connectivity index is 1.67. The Labute approximate surface area is 146 Å². The van der Waals surface area contributed by atoms with Crippen molar-refractivity contribution in [2.75, 3.05) is 18.4 Å². The van der Waals surface area contributed by atoms with Crippen LogP contribution in [0.5, 0.6) is 0 Å². The van der Waals surface area contributed by atoms with E-state index in [1.54, 1.807) is 0 Å². The van der Waals surface area contributed by atoms with Gasteiger partial charge in [0.2, 0.25) is 0 Å². The van der Waals surface area contributed by atoms with Gasteiger partial charge in [0.05, 0.1) is 15.6 Å². The van der Waals surface area contributed by atoms with Gasteiger partial charge >= 0.3 is 0 Å². The van der Waals surface area contributed by atoms with E-state index in [1.165, 1.54) is 50.3 Å². The number of rotatable bonds is 2. The highest BCUT2D eigenvalue weighted by atomic mass is 35.5. The number of nitrogens with zero attached hydrogens (tertiary/aromatic N) is 2. The second-order valence-electron chi connectivity index (χ2n) is 6.39. The minimum Gasteiger partial charge on any atom is -0.349 e. The van der Waals surface area contributed by atoms with Crippen molar-refractivity contribution in [2.45, 2.75) is 32.1 Å². The Bertz CT molecular complexity index is 625. The molecule has 2 atom stereocenters. The van der Waals surface area contributed by atoms with Crippen molar-refractivity contribution < 1.29 is 4.92 Å². The Morgan fingerprint density at radius 3 is 2.78 bits per heavy atom. The van der Waals surface area contributed by atoms with E-state index in [0.717, 1.165) is 24.9 Å². The summed E-state index contributed by atoms with van der Waals surface area (Å²) in [5, 5.41) is 15.0. The lowest BCUT2D eigenvalue weighted by molar-refractivity contribution is -0.384. The quantitative estimate of drug-likeness (QED) is 0.483. The van der Waals surface area contributed by atoms with Crippen LogP contribution in [0, 0.1) is 22.0 Å². The van der Waals surface area contributed by atoms with Crippen molar-refractivity contribution in [3.8, 4) is 0 Å². The molecule has 2 aliphatic rings. The largest absolute Gasteiger partial charge is 0.349 e. The summed E-state index contributed by atoms with van der Waals surface area (Å²) in [6, 6.07) is 4.35. The van der Waals surface area contributed by atoms with Gasteiger partial charge in [0, 0.05) is 25.2 Å². The van der Waals surface area contributed by atoms with Gasteiger partial charge in [-0.05, 0) is 43.0 Å². The van der Waals surface area contributed by atoms with Crippen molar-refractivity contribution in [1.82, 2.24) is 4.90 Å². The van der Waals surface area contributed by atoms with Crippen LogP contribution in [-0.2, 0) is 0 Å². The lowest BCUT2D eigenvalue weighted by atomic mass is 9.75. The van der Waals surface area contributed by atoms with Crippen LogP contribution in [0.1, 0.15) is 32.1 Å². The lowest BCUT2D eigenvalue weighted by Gasteiger charge is -2.42. The maximum Gasteiger partial charge on any atom is 0.271 e. The minimum absolute atomic E-state index is 0.00527. The fourth-order valence-electron chi connectivity index (χ4n) is 3.70. The van der Waals surface area contributed by atoms with Gasteiger partial charge in [-0.1, -0.05) is 30.9 Å². The van der Waals surface area contributed by atoms with Crippen LogP contribution < -0.4 is 5.32 Å². The number of nitrogens with one attached hydrogen (secondary N) is 1. The van der Waals surface area contributed by atoms with Gasteiger partial charge in [-0.3, -0.25) is 10.1 Å². The maximum absolute atomic E-state index is 10.9. The van der Waals surface area contributed by atoms with E-state index < -0.39 is 4.92 Å². The number of halogens is 1. The minimum atomic E-state index is -0.432. The third kappa shape index (κ3) is 3.75. The summed E-state index contributed by atoms with van der Waals surface area (Å²) in [5.74, 6) is 1.56. The predicted molar refractivity (Wildman–Crippen MR) is 96.0 cm³/mol. The molecule has 3 rings (SSSR count). The van der Waals surface area contributed by atoms with Crippen molar-refractivity contribution in [2.24, 2.45) is 11.8 Å². The average molecular weight is 354 g/mol. The number of nitro groups is 1. The standard InChI is InChI=1S/C16H20ClN3O2S/c17-14-6-5-13(20(21)22)9-15(14)18-16(23)19-8-7-11-3-1-2-4-12(11)10-19/h5-6,9,11-12H,1-4,7-8,10H2,(H,18,23)/t11-,12-/m0/s1. The Kier molecular flexibility index (Phi) is 5.02. The van der Waals surface area contributed by atoms with Gasteiger partial charge in [0.15, 0.2) is 5.11 Å². The second-order valence-corrected chi connectivity index (χ2v) is 7.18. The van der Waals surface area contributed by atoms with Crippen molar-refractivity contribution in [1.29, 1.82) is 0 Å². The SMILES string of the molecule is O=[N+]([O-])c1ccc(Cl)c(NC(=S)N2CC[C@@H]3CCCC[C@H]3C2)c1. The molecule has 2 fully saturated rings. The topological polar surface area (TPSA) is 58.4 Å². The summed E-state index contributed by atoms with van der Waals surface area (Å²) in [6.07, 6.45) is 6.46. The Hall–Kier alpha value is -1.40. The van der Waals surface area contributed by atoms with Crippen molar-refractivity contribution >= 4 is 40.3 Å². The third-order valence-electron chi connectivity index (χ3n) is 4.98. The van der Waals surface area contributed by atoms with Crippen LogP contribution in [0.15, 0.2) is 18.2 Å². The average Bonchev–Trinajstić information content (AvgIpc) is 2.56. The fourth-order valence-corrected chi connectivity index (χ4v) is 4.14. The number of likely N-dealkylation sites (tertiary alicyclic amines) is 1. The molecule has 1 aliphatic heterocycles. The van der Waals surface area contributed by atoms with Crippen LogP contribution in [0.3, 0.4) is 0 Å². The normalized spacial score (nSPS) is 24.0. The van der Waals surface area contributed by atoms with Crippen LogP contribution in [0.2, 0.25) is 5.02 Å². The molecule has 0 amide bonds. The number of hydrogen-bond acceptors (Lipinski definition) is 3. The molecular formula is C16H20ClN3O2S. The molecular weight excluding hydrogens is 334 g/mol. The molecule has 1 heterocycles. The smallest absolute Gasteiger partial charge is 0.271 e. The van der Waals surface area contributed by atoms with Crippen LogP contribution >= 0.6 is 23.8 Å². The zero-order valence-corrected chi connectivity index (χ0v) is 14.4. The number of hydrogen-bond donors (Lipinski definition) is 1. The van der Waals surface area contributed by atoms with Crippen molar-refractivity contribution in [3.63, 3.8) is 0 Å². The van der Waals surface area contributed by atoms with E-state index in [9.17, 15) is 10.1 Å². The number of fused-ring (bicyclic) bond motifs is 1. The molecule has 0 radical (unpaired) electrons. The van der Waals surface area contributed by atoms with Gasteiger partial charge in [-0.25, -0.2) is 0 Å². The summed E-state index contributed by atoms with van der Waals surface area (Å²) in [5.41, 5.74) is 0.502. The van der Waals surface area contributed by atoms with Crippen LogP contribution in [-0.4, -0.2) is 28.0 Å². The van der Waals surface area contributed by atoms with E-state index >= 15 is 0 Å². The number of non-ortho nitro benzene ring substituents is 1. The first kappa shape index (κ1) is 16.5. The van der Waals surface area contributed by atoms with Crippen molar-refractivity contribution in [3.05, 3.63) is 33.3 Å². The second kappa shape index (κ2) is 7.01. The van der Waals surface area contributed by atoms with Gasteiger partial charge in [0.25, 0.3) is 5.69 Å². The molecule has 1 aliphatic carbocycles. The zero-order chi connectivity index (χ0) is 16.4. The number of nitro benzene ring substituents is 1. The maximum atomic E-state index is 10.9. The molecule has 0 spiro atoms. The first-order valence-corrected chi connectivity index (χ1v) is 8.83. The van der Waals surface area contributed by atoms with E-state index in [1.807, 2.05) is 0 Å². The summed E-state index contributed by atoms with van der Waals surface area (Å²) in [4.78, 5) is 12.6. The molecule has 23 heavy (non-hydrogen) atoms. The highest BCUT2D eigenvalue weighted by Crippen LogP contribution is 2.36. The molecule has 1 saturated heterocycles. The van der Waals surface area contributed by atoms with E-state index in [2.05, 4.69) is 10.2 Å². The summed E-state index contributed by atoms with van der Waals surface area (Å²) in [6.45, 7) is 1.92. The van der Waals surface area contributed by atoms with Gasteiger partial charge in [0.1, 0.15) is 0 Å². The molecule has 7 heteroatoms. The van der Waals surface area contributed by atoms with Gasteiger partial charge in [-0.2, -0.15) is 0 Å². The first-order valence-electron chi connectivity index (χ1n) is 8.04. The molecule has 0 bridgehead atoms. The fraction of sp³-hybridized carbons (Fsp3) is 0.562. The number of thiocarbonyl (C=S) groups is 1. The van der Waals surface area contributed by atoms with E-state index in [4.69, 9.17) is 23.8 Å². The Morgan fingerprint density at radius 2 is 2.04 bits per heavy atom. The molecule has 1 aromatic rings. The molecule has 0 aromatic heterocycles. The number of piperidine rings is 1. The monoisotopic (exact) mass is 353 g/mol. The molecule has 1 N–H and O–H groups in total. The van der Waals surface area contributed by atoms with Gasteiger partial charge < -0.3 is 10.2 Å². The number of anilines is 1. The van der Waals surface area contributed by atoms with E-state index in [-0.39, 0.29) is 5.69 Å². The molecule has 5 nitrogen and oxygen atoms in total. The summed E-state index contributed by atoms with van der Waals surface area (Å²) >= 11 is 11.6. The highest BCUT2D eigenvalue weighted by Gasteiger charge is 2.32. The lowest BCUT2D eigenvalue weighted by Crippen LogP contribution is -2.46. The first-order chi connectivity index (χ1) is 11.0. The third-order valence-corrected chi connectivity index (χ3v) is 5.67. The molecule has 1 saturated carbocycles. The summed E-state index contributed by atoms with van der Waals surface area (Å²) in [7, 11) is 0. The van der Waals surface area contributed by atoms with Crippen LogP contribution in [0.4, 0.5) is 11.4 Å². The summed E-state index contributed by atoms with van der Waals surface area (Å²) < 4.78 is 0. The molecule has 1 aromatic carbocycles.